The van der Waals surface area contributed by atoms with Crippen LogP contribution in [0.4, 0.5) is 0 Å². The summed E-state index contributed by atoms with van der Waals surface area (Å²) in [7, 11) is 0. The molecule has 0 heterocycles. The fourth-order valence-electron chi connectivity index (χ4n) is 2.51. The van der Waals surface area contributed by atoms with Crippen LogP contribution in [0.2, 0.25) is 0 Å². The number of unbranched alkanes of at least 4 members (excludes halogenated alkanes) is 3. The first kappa shape index (κ1) is 18.8. The summed E-state index contributed by atoms with van der Waals surface area (Å²) in [5.74, 6) is 0.964. The van der Waals surface area contributed by atoms with Crippen molar-refractivity contribution in [3.05, 3.63) is 59.7 Å². The first-order chi connectivity index (χ1) is 12.2. The fourth-order valence-corrected chi connectivity index (χ4v) is 2.51. The third-order valence-corrected chi connectivity index (χ3v) is 4.02. The lowest BCUT2D eigenvalue weighted by Gasteiger charge is -2.08. The van der Waals surface area contributed by atoms with Crippen molar-refractivity contribution in [2.75, 3.05) is 13.2 Å². The van der Waals surface area contributed by atoms with E-state index in [0.29, 0.717) is 12.1 Å². The third-order valence-electron chi connectivity index (χ3n) is 4.02. The number of carbonyl (C=O) groups is 1. The van der Waals surface area contributed by atoms with Gasteiger partial charge in [0.2, 0.25) is 0 Å². The Morgan fingerprint density at radius 1 is 1.00 bits per heavy atom. The number of phenolic OH excluding ortho intramolecular Hbond substituents is 1. The molecule has 2 N–H and O–H groups in total. The zero-order valence-corrected chi connectivity index (χ0v) is 14.8. The van der Waals surface area contributed by atoms with Crippen molar-refractivity contribution in [1.82, 2.24) is 5.32 Å². The number of hydrogen-bond donors (Lipinski definition) is 2. The normalized spacial score (nSPS) is 10.4. The zero-order chi connectivity index (χ0) is 17.9. The summed E-state index contributed by atoms with van der Waals surface area (Å²) in [5, 5.41) is 12.2. The number of carbonyl (C=O) groups excluding carboxylic acids is 1. The Labute approximate surface area is 149 Å². The van der Waals surface area contributed by atoms with Gasteiger partial charge in [0, 0.05) is 12.1 Å². The van der Waals surface area contributed by atoms with Gasteiger partial charge in [0.05, 0.1) is 6.61 Å². The van der Waals surface area contributed by atoms with Gasteiger partial charge in [0.1, 0.15) is 11.5 Å². The van der Waals surface area contributed by atoms with Crippen LogP contribution in [0.3, 0.4) is 0 Å². The van der Waals surface area contributed by atoms with Crippen molar-refractivity contribution in [3.8, 4) is 11.5 Å². The number of phenols is 1. The minimum absolute atomic E-state index is 0.0896. The molecule has 4 heteroatoms. The van der Waals surface area contributed by atoms with Crippen molar-refractivity contribution in [3.63, 3.8) is 0 Å². The molecule has 0 spiro atoms. The Kier molecular flexibility index (Phi) is 7.83. The summed E-state index contributed by atoms with van der Waals surface area (Å²) >= 11 is 0. The Morgan fingerprint density at radius 3 is 2.40 bits per heavy atom. The highest BCUT2D eigenvalue weighted by Gasteiger charge is 2.05. The first-order valence-electron chi connectivity index (χ1n) is 8.98. The number of aromatic hydroxyl groups is 1. The second-order valence-electron chi connectivity index (χ2n) is 6.11. The highest BCUT2D eigenvalue weighted by atomic mass is 16.5. The molecule has 134 valence electrons. The third kappa shape index (κ3) is 6.87. The van der Waals surface area contributed by atoms with Gasteiger partial charge in [-0.05, 0) is 54.8 Å². The smallest absolute Gasteiger partial charge is 0.251 e. The summed E-state index contributed by atoms with van der Waals surface area (Å²) in [6, 6.07) is 14.3. The van der Waals surface area contributed by atoms with Gasteiger partial charge in [0.15, 0.2) is 0 Å². The van der Waals surface area contributed by atoms with Crippen LogP contribution in [0, 0.1) is 0 Å². The second kappa shape index (κ2) is 10.4. The van der Waals surface area contributed by atoms with Crippen LogP contribution in [0.1, 0.15) is 48.5 Å². The number of hydrogen-bond acceptors (Lipinski definition) is 3. The lowest BCUT2D eigenvalue weighted by Crippen LogP contribution is -2.25. The number of rotatable bonds is 10. The van der Waals surface area contributed by atoms with E-state index >= 15 is 0 Å². The molecule has 1 amide bonds. The van der Waals surface area contributed by atoms with E-state index in [1.165, 1.54) is 19.3 Å². The average molecular weight is 341 g/mol. The fraction of sp³-hybridized carbons (Fsp3) is 0.381. The van der Waals surface area contributed by atoms with Crippen molar-refractivity contribution >= 4 is 5.91 Å². The Balaban J connectivity index is 1.71. The molecule has 0 unspecified atom stereocenters. The maximum Gasteiger partial charge on any atom is 0.251 e. The van der Waals surface area contributed by atoms with E-state index in [1.807, 2.05) is 24.3 Å². The highest BCUT2D eigenvalue weighted by molar-refractivity contribution is 5.94. The van der Waals surface area contributed by atoms with E-state index in [1.54, 1.807) is 24.3 Å². The van der Waals surface area contributed by atoms with Crippen molar-refractivity contribution in [1.29, 1.82) is 0 Å². The van der Waals surface area contributed by atoms with Gasteiger partial charge in [-0.2, -0.15) is 0 Å². The average Bonchev–Trinajstić information content (AvgIpc) is 2.63. The Morgan fingerprint density at radius 2 is 1.72 bits per heavy atom. The maximum atomic E-state index is 12.1. The summed E-state index contributed by atoms with van der Waals surface area (Å²) in [6.45, 7) is 3.47. The minimum Gasteiger partial charge on any atom is -0.508 e. The van der Waals surface area contributed by atoms with E-state index in [0.717, 1.165) is 30.8 Å². The van der Waals surface area contributed by atoms with Crippen molar-refractivity contribution < 1.29 is 14.6 Å². The Bertz CT molecular complexity index is 635. The van der Waals surface area contributed by atoms with E-state index < -0.39 is 0 Å². The van der Waals surface area contributed by atoms with Crippen molar-refractivity contribution in [2.45, 2.75) is 39.0 Å². The molecule has 0 aliphatic rings. The van der Waals surface area contributed by atoms with E-state index in [2.05, 4.69) is 12.2 Å². The molecule has 0 saturated carbocycles. The highest BCUT2D eigenvalue weighted by Crippen LogP contribution is 2.13. The standard InChI is InChI=1S/C21H27NO3/c1-2-3-4-5-16-25-20-12-8-18(9-13-20)21(24)22-15-14-17-6-10-19(23)11-7-17/h6-13,23H,2-5,14-16H2,1H3,(H,22,24). The van der Waals surface area contributed by atoms with Crippen molar-refractivity contribution in [2.24, 2.45) is 0 Å². The van der Waals surface area contributed by atoms with Gasteiger partial charge in [-0.3, -0.25) is 4.79 Å². The molecular weight excluding hydrogens is 314 g/mol. The van der Waals surface area contributed by atoms with Gasteiger partial charge >= 0.3 is 0 Å². The molecule has 0 bridgehead atoms. The molecule has 0 atom stereocenters. The van der Waals surface area contributed by atoms with Crippen LogP contribution in [0.25, 0.3) is 0 Å². The largest absolute Gasteiger partial charge is 0.508 e. The van der Waals surface area contributed by atoms with Crippen LogP contribution in [-0.4, -0.2) is 24.2 Å². The lowest BCUT2D eigenvalue weighted by molar-refractivity contribution is 0.0954. The van der Waals surface area contributed by atoms with Crippen LogP contribution >= 0.6 is 0 Å². The van der Waals surface area contributed by atoms with Crippen LogP contribution < -0.4 is 10.1 Å². The minimum atomic E-state index is -0.0896. The van der Waals surface area contributed by atoms with Gasteiger partial charge in [-0.25, -0.2) is 0 Å². The van der Waals surface area contributed by atoms with E-state index in [9.17, 15) is 9.90 Å². The molecule has 0 fully saturated rings. The van der Waals surface area contributed by atoms with Crippen LogP contribution in [0.15, 0.2) is 48.5 Å². The summed E-state index contributed by atoms with van der Waals surface area (Å²) < 4.78 is 5.68. The van der Waals surface area contributed by atoms with Gasteiger partial charge in [-0.15, -0.1) is 0 Å². The molecule has 25 heavy (non-hydrogen) atoms. The molecule has 2 aromatic carbocycles. The summed E-state index contributed by atoms with van der Waals surface area (Å²) in [6.07, 6.45) is 5.44. The second-order valence-corrected chi connectivity index (χ2v) is 6.11. The summed E-state index contributed by atoms with van der Waals surface area (Å²) in [5.41, 5.74) is 1.70. The van der Waals surface area contributed by atoms with Gasteiger partial charge in [-0.1, -0.05) is 38.3 Å². The summed E-state index contributed by atoms with van der Waals surface area (Å²) in [4.78, 5) is 12.1. The van der Waals surface area contributed by atoms with Gasteiger partial charge in [0.25, 0.3) is 5.91 Å². The van der Waals surface area contributed by atoms with E-state index in [4.69, 9.17) is 4.74 Å². The molecule has 0 aliphatic heterocycles. The molecule has 2 aromatic rings. The van der Waals surface area contributed by atoms with E-state index in [-0.39, 0.29) is 11.7 Å². The molecule has 0 radical (unpaired) electrons. The predicted octanol–water partition coefficient (Wildman–Crippen LogP) is 4.32. The number of nitrogens with one attached hydrogen (secondary N) is 1. The number of amides is 1. The van der Waals surface area contributed by atoms with Crippen LogP contribution in [0.5, 0.6) is 11.5 Å². The molecular formula is C21H27NO3. The topological polar surface area (TPSA) is 58.6 Å². The molecule has 4 nitrogen and oxygen atoms in total. The Hall–Kier alpha value is -2.49. The number of benzene rings is 2. The SMILES string of the molecule is CCCCCCOc1ccc(C(=O)NCCc2ccc(O)cc2)cc1. The monoisotopic (exact) mass is 341 g/mol. The van der Waals surface area contributed by atoms with Crippen LogP contribution in [-0.2, 0) is 6.42 Å². The maximum absolute atomic E-state index is 12.1. The first-order valence-corrected chi connectivity index (χ1v) is 8.98. The molecule has 0 saturated heterocycles. The molecule has 2 rings (SSSR count). The lowest BCUT2D eigenvalue weighted by atomic mass is 10.1. The quantitative estimate of drug-likeness (QED) is 0.633. The molecule has 0 aromatic heterocycles. The zero-order valence-electron chi connectivity index (χ0n) is 14.8. The van der Waals surface area contributed by atoms with Gasteiger partial charge < -0.3 is 15.2 Å². The predicted molar refractivity (Wildman–Crippen MR) is 100 cm³/mol. The molecule has 0 aliphatic carbocycles. The number of ether oxygens (including phenoxy) is 1.